The van der Waals surface area contributed by atoms with E-state index in [1.54, 1.807) is 4.90 Å². The number of benzene rings is 3. The maximum atomic E-state index is 12.7. The Morgan fingerprint density at radius 1 is 1.00 bits per heavy atom. The number of carbonyl (C=O) groups is 1. The van der Waals surface area contributed by atoms with Crippen LogP contribution >= 0.6 is 0 Å². The number of likely N-dealkylation sites (tertiary alicyclic amines) is 1. The van der Waals surface area contributed by atoms with Gasteiger partial charge >= 0.3 is 6.03 Å². The van der Waals surface area contributed by atoms with Crippen molar-refractivity contribution in [2.75, 3.05) is 18.4 Å². The number of carbonyl (C=O) groups excluding carboxylic acids is 1. The molecule has 0 radical (unpaired) electrons. The Bertz CT molecular complexity index is 1190. The molecule has 1 fully saturated rings. The molecule has 1 saturated heterocycles. The number of hydrogen-bond donors (Lipinski definition) is 3. The lowest BCUT2D eigenvalue weighted by molar-refractivity contribution is -0.0155. The van der Waals surface area contributed by atoms with Crippen LogP contribution in [0.1, 0.15) is 18.4 Å². The second-order valence-corrected chi connectivity index (χ2v) is 7.63. The summed E-state index contributed by atoms with van der Waals surface area (Å²) in [6, 6.07) is 21.7. The summed E-state index contributed by atoms with van der Waals surface area (Å²) in [4.78, 5) is 14.4. The van der Waals surface area contributed by atoms with Gasteiger partial charge < -0.3 is 10.0 Å². The molecule has 4 aromatic rings. The molecule has 5 rings (SSSR count). The molecule has 2 heterocycles. The van der Waals surface area contributed by atoms with Crippen LogP contribution in [-0.4, -0.2) is 39.3 Å². The second kappa shape index (κ2) is 6.90. The minimum atomic E-state index is -0.917. The number of amides is 2. The number of para-hydroxylation sites is 1. The fourth-order valence-corrected chi connectivity index (χ4v) is 4.09. The van der Waals surface area contributed by atoms with E-state index in [1.165, 1.54) is 0 Å². The quantitative estimate of drug-likeness (QED) is 0.482. The molecule has 1 aromatic heterocycles. The van der Waals surface area contributed by atoms with Crippen molar-refractivity contribution in [2.45, 2.75) is 18.4 Å². The molecular formula is C23H22N4O2. The van der Waals surface area contributed by atoms with Gasteiger partial charge in [-0.3, -0.25) is 10.4 Å². The normalized spacial score (nSPS) is 16.2. The first-order chi connectivity index (χ1) is 14.1. The van der Waals surface area contributed by atoms with E-state index >= 15 is 0 Å². The molecule has 0 saturated carbocycles. The second-order valence-electron chi connectivity index (χ2n) is 7.63. The van der Waals surface area contributed by atoms with E-state index in [2.05, 4.69) is 33.7 Å². The summed E-state index contributed by atoms with van der Waals surface area (Å²) in [5, 5.41) is 24.4. The Kier molecular flexibility index (Phi) is 4.21. The van der Waals surface area contributed by atoms with Crippen LogP contribution in [0.5, 0.6) is 0 Å². The minimum absolute atomic E-state index is 0.192. The smallest absolute Gasteiger partial charge is 0.323 e. The maximum absolute atomic E-state index is 12.7. The number of rotatable bonds is 2. The Balaban J connectivity index is 1.29. The summed E-state index contributed by atoms with van der Waals surface area (Å²) in [6.07, 6.45) is 1.00. The van der Waals surface area contributed by atoms with Crippen molar-refractivity contribution < 1.29 is 9.90 Å². The summed E-state index contributed by atoms with van der Waals surface area (Å²) >= 11 is 0. The van der Waals surface area contributed by atoms with Gasteiger partial charge in [-0.15, -0.1) is 0 Å². The highest BCUT2D eigenvalue weighted by Gasteiger charge is 2.35. The van der Waals surface area contributed by atoms with Crippen molar-refractivity contribution in [3.63, 3.8) is 0 Å². The maximum Gasteiger partial charge on any atom is 0.323 e. The number of H-pyrrole nitrogens is 1. The Morgan fingerprint density at radius 2 is 1.72 bits per heavy atom. The average Bonchev–Trinajstić information content (AvgIpc) is 3.17. The Labute approximate surface area is 168 Å². The SMILES string of the molecule is O=C(Nc1n[nH]c2ccccc12)N1CCC(O)(c2ccc3ccccc3c2)CC1. The number of aromatic nitrogens is 2. The first-order valence-electron chi connectivity index (χ1n) is 9.83. The van der Waals surface area contributed by atoms with Gasteiger partial charge in [-0.2, -0.15) is 5.10 Å². The highest BCUT2D eigenvalue weighted by atomic mass is 16.3. The van der Waals surface area contributed by atoms with E-state index in [9.17, 15) is 9.90 Å². The van der Waals surface area contributed by atoms with Crippen LogP contribution in [0.25, 0.3) is 21.7 Å². The van der Waals surface area contributed by atoms with Crippen LogP contribution in [0.2, 0.25) is 0 Å². The lowest BCUT2D eigenvalue weighted by Gasteiger charge is -2.38. The van der Waals surface area contributed by atoms with Crippen LogP contribution in [0.15, 0.2) is 66.7 Å². The Hall–Kier alpha value is -3.38. The molecule has 0 spiro atoms. The minimum Gasteiger partial charge on any atom is -0.385 e. The van der Waals surface area contributed by atoms with Gasteiger partial charge in [0.05, 0.1) is 11.1 Å². The van der Waals surface area contributed by atoms with Gasteiger partial charge in [0.15, 0.2) is 5.82 Å². The van der Waals surface area contributed by atoms with Crippen LogP contribution < -0.4 is 5.32 Å². The molecule has 0 atom stereocenters. The summed E-state index contributed by atoms with van der Waals surface area (Å²) in [7, 11) is 0. The van der Waals surface area contributed by atoms with Gasteiger partial charge in [-0.25, -0.2) is 4.79 Å². The van der Waals surface area contributed by atoms with E-state index < -0.39 is 5.60 Å². The number of aromatic amines is 1. The molecule has 29 heavy (non-hydrogen) atoms. The van der Waals surface area contributed by atoms with Gasteiger partial charge in [0.2, 0.25) is 0 Å². The molecule has 1 aliphatic rings. The number of anilines is 1. The number of hydrogen-bond acceptors (Lipinski definition) is 3. The van der Waals surface area contributed by atoms with Crippen LogP contribution in [0.4, 0.5) is 10.6 Å². The summed E-state index contributed by atoms with van der Waals surface area (Å²) < 4.78 is 0. The molecule has 6 heteroatoms. The summed E-state index contributed by atoms with van der Waals surface area (Å²) in [5.74, 6) is 0.529. The molecule has 0 unspecified atom stereocenters. The molecule has 0 bridgehead atoms. The van der Waals surface area contributed by atoms with E-state index in [-0.39, 0.29) is 6.03 Å². The van der Waals surface area contributed by atoms with E-state index in [0.717, 1.165) is 27.2 Å². The predicted molar refractivity (Wildman–Crippen MR) is 114 cm³/mol. The van der Waals surface area contributed by atoms with Gasteiger partial charge in [0.1, 0.15) is 0 Å². The predicted octanol–water partition coefficient (Wildman–Crippen LogP) is 4.23. The molecule has 6 nitrogen and oxygen atoms in total. The number of fused-ring (bicyclic) bond motifs is 2. The number of aliphatic hydroxyl groups is 1. The standard InChI is InChI=1S/C23H22N4O2/c28-22(24-21-19-7-3-4-8-20(19)25-26-21)27-13-11-23(29,12-14-27)18-10-9-16-5-1-2-6-17(16)15-18/h1-10,15,29H,11-14H2,(H2,24,25,26,28). The third kappa shape index (κ3) is 3.21. The molecule has 0 aliphatic carbocycles. The molecule has 3 aromatic carbocycles. The lowest BCUT2D eigenvalue weighted by Crippen LogP contribution is -2.46. The van der Waals surface area contributed by atoms with Crippen LogP contribution in [-0.2, 0) is 5.60 Å². The zero-order valence-electron chi connectivity index (χ0n) is 15.9. The third-order valence-electron chi connectivity index (χ3n) is 5.86. The zero-order chi connectivity index (χ0) is 19.8. The highest BCUT2D eigenvalue weighted by molar-refractivity contribution is 5.98. The van der Waals surface area contributed by atoms with Crippen molar-refractivity contribution in [1.29, 1.82) is 0 Å². The third-order valence-corrected chi connectivity index (χ3v) is 5.86. The zero-order valence-corrected chi connectivity index (χ0v) is 15.9. The average molecular weight is 386 g/mol. The monoisotopic (exact) mass is 386 g/mol. The fraction of sp³-hybridized carbons (Fsp3) is 0.217. The van der Waals surface area contributed by atoms with Crippen molar-refractivity contribution >= 4 is 33.5 Å². The van der Waals surface area contributed by atoms with Crippen LogP contribution in [0, 0.1) is 0 Å². The van der Waals surface area contributed by atoms with Gasteiger partial charge in [0, 0.05) is 18.5 Å². The highest BCUT2D eigenvalue weighted by Crippen LogP contribution is 2.34. The van der Waals surface area contributed by atoms with E-state index in [0.29, 0.717) is 31.7 Å². The molecule has 2 amide bonds. The molecule has 146 valence electrons. The van der Waals surface area contributed by atoms with Gasteiger partial charge in [0.25, 0.3) is 0 Å². The largest absolute Gasteiger partial charge is 0.385 e. The summed E-state index contributed by atoms with van der Waals surface area (Å²) in [5.41, 5.74) is 0.876. The Morgan fingerprint density at radius 3 is 2.55 bits per heavy atom. The molecular weight excluding hydrogens is 364 g/mol. The van der Waals surface area contributed by atoms with Gasteiger partial charge in [-0.1, -0.05) is 48.5 Å². The topological polar surface area (TPSA) is 81.2 Å². The van der Waals surface area contributed by atoms with Crippen molar-refractivity contribution in [3.05, 3.63) is 72.3 Å². The van der Waals surface area contributed by atoms with Crippen LogP contribution in [0.3, 0.4) is 0 Å². The van der Waals surface area contributed by atoms with Crippen molar-refractivity contribution in [1.82, 2.24) is 15.1 Å². The summed E-state index contributed by atoms with van der Waals surface area (Å²) in [6.45, 7) is 0.967. The first kappa shape index (κ1) is 17.7. The fourth-order valence-electron chi connectivity index (χ4n) is 4.09. The van der Waals surface area contributed by atoms with Crippen molar-refractivity contribution in [2.24, 2.45) is 0 Å². The molecule has 3 N–H and O–H groups in total. The number of piperidine rings is 1. The number of nitrogens with zero attached hydrogens (tertiary/aromatic N) is 2. The number of nitrogens with one attached hydrogen (secondary N) is 2. The van der Waals surface area contributed by atoms with E-state index in [4.69, 9.17) is 0 Å². The molecule has 1 aliphatic heterocycles. The first-order valence-corrected chi connectivity index (χ1v) is 9.83. The van der Waals surface area contributed by atoms with E-state index in [1.807, 2.05) is 48.5 Å². The number of urea groups is 1. The lowest BCUT2D eigenvalue weighted by atomic mass is 9.83. The van der Waals surface area contributed by atoms with Crippen molar-refractivity contribution in [3.8, 4) is 0 Å². The van der Waals surface area contributed by atoms with Gasteiger partial charge in [-0.05, 0) is 47.4 Å².